The molecular weight excluding hydrogens is 170 g/mol. The van der Waals surface area contributed by atoms with Crippen LogP contribution in [0.4, 0.5) is 0 Å². The molecule has 0 aliphatic rings. The lowest BCUT2D eigenvalue weighted by atomic mass is 10.0. The molecule has 0 aliphatic heterocycles. The van der Waals surface area contributed by atoms with Crippen molar-refractivity contribution >= 4 is 17.1 Å². The number of carbonyl (C=O) groups excluding carboxylic acids is 1. The number of carbonyl (C=O) groups is 1. The third-order valence-electron chi connectivity index (χ3n) is 1.64. The van der Waals surface area contributed by atoms with Gasteiger partial charge in [0.15, 0.2) is 0 Å². The number of Topliss-reactive ketones (excluding diaryl/α,β-unsaturated/α-hetero) is 1. The molecule has 3 heteroatoms. The van der Waals surface area contributed by atoms with Crippen LogP contribution in [0.25, 0.3) is 0 Å². The first-order valence-corrected chi connectivity index (χ1v) is 4.94. The van der Waals surface area contributed by atoms with Gasteiger partial charge in [0.05, 0.1) is 5.01 Å². The molecule has 0 amide bonds. The molecule has 1 aromatic heterocycles. The number of nitrogens with zero attached hydrogens (tertiary/aromatic N) is 1. The van der Waals surface area contributed by atoms with E-state index in [1.54, 1.807) is 24.5 Å². The highest BCUT2D eigenvalue weighted by molar-refractivity contribution is 7.09. The smallest absolute Gasteiger partial charge is 0.130 e. The monoisotopic (exact) mass is 183 g/mol. The summed E-state index contributed by atoms with van der Waals surface area (Å²) in [6.07, 6.45) is 3.40. The molecule has 12 heavy (non-hydrogen) atoms. The number of hydrogen-bond acceptors (Lipinski definition) is 3. The van der Waals surface area contributed by atoms with E-state index >= 15 is 0 Å². The van der Waals surface area contributed by atoms with Crippen LogP contribution in [0.1, 0.15) is 25.3 Å². The van der Waals surface area contributed by atoms with Crippen LogP contribution < -0.4 is 0 Å². The summed E-state index contributed by atoms with van der Waals surface area (Å²) >= 11 is 1.66. The summed E-state index contributed by atoms with van der Waals surface area (Å²) in [5.41, 5.74) is 0. The van der Waals surface area contributed by atoms with E-state index in [2.05, 4.69) is 11.9 Å². The predicted octanol–water partition coefficient (Wildman–Crippen LogP) is 2.30. The minimum absolute atomic E-state index is 0.263. The maximum absolute atomic E-state index is 10.8. The molecule has 0 saturated carbocycles. The van der Waals surface area contributed by atoms with E-state index in [-0.39, 0.29) is 5.78 Å². The van der Waals surface area contributed by atoms with Crippen molar-refractivity contribution in [3.8, 4) is 0 Å². The van der Waals surface area contributed by atoms with Gasteiger partial charge in [-0.1, -0.05) is 6.92 Å². The summed E-state index contributed by atoms with van der Waals surface area (Å²) in [5.74, 6) is 0.688. The van der Waals surface area contributed by atoms with E-state index in [9.17, 15) is 4.79 Å². The summed E-state index contributed by atoms with van der Waals surface area (Å²) in [5, 5.41) is 3.10. The molecule has 1 atom stereocenters. The number of rotatable bonds is 4. The fourth-order valence-corrected chi connectivity index (χ4v) is 2.00. The summed E-state index contributed by atoms with van der Waals surface area (Å²) in [4.78, 5) is 14.9. The Labute approximate surface area is 76.6 Å². The molecule has 0 saturated heterocycles. The van der Waals surface area contributed by atoms with Crippen molar-refractivity contribution in [1.82, 2.24) is 4.98 Å². The van der Waals surface area contributed by atoms with Gasteiger partial charge in [-0.2, -0.15) is 0 Å². The standard InChI is InChI=1S/C9H13NOS/c1-7(5-8(2)11)6-9-10-3-4-12-9/h3-4,7H,5-6H2,1-2H3. The van der Waals surface area contributed by atoms with Gasteiger partial charge in [0.2, 0.25) is 0 Å². The maximum atomic E-state index is 10.8. The van der Waals surface area contributed by atoms with Gasteiger partial charge < -0.3 is 4.79 Å². The SMILES string of the molecule is CC(=O)CC(C)Cc1nccs1. The van der Waals surface area contributed by atoms with Crippen LogP contribution in [0.5, 0.6) is 0 Å². The highest BCUT2D eigenvalue weighted by Gasteiger charge is 2.07. The third-order valence-corrected chi connectivity index (χ3v) is 2.44. The first-order chi connectivity index (χ1) is 5.68. The molecule has 1 rings (SSSR count). The van der Waals surface area contributed by atoms with Crippen LogP contribution >= 0.6 is 11.3 Å². The number of hydrogen-bond donors (Lipinski definition) is 0. The van der Waals surface area contributed by atoms with E-state index in [4.69, 9.17) is 0 Å². The minimum Gasteiger partial charge on any atom is -0.300 e. The molecule has 1 aromatic rings. The van der Waals surface area contributed by atoms with Gasteiger partial charge in [-0.05, 0) is 12.8 Å². The second-order valence-corrected chi connectivity index (χ2v) is 4.12. The highest BCUT2D eigenvalue weighted by atomic mass is 32.1. The maximum Gasteiger partial charge on any atom is 0.130 e. The molecule has 66 valence electrons. The molecule has 0 bridgehead atoms. The van der Waals surface area contributed by atoms with Crippen molar-refractivity contribution in [3.05, 3.63) is 16.6 Å². The van der Waals surface area contributed by atoms with Gasteiger partial charge in [0, 0.05) is 24.4 Å². The quantitative estimate of drug-likeness (QED) is 0.717. The fourth-order valence-electron chi connectivity index (χ4n) is 1.21. The van der Waals surface area contributed by atoms with Crippen molar-refractivity contribution in [2.75, 3.05) is 0 Å². The van der Waals surface area contributed by atoms with E-state index in [0.717, 1.165) is 11.4 Å². The topological polar surface area (TPSA) is 30.0 Å². The lowest BCUT2D eigenvalue weighted by Gasteiger charge is -2.05. The van der Waals surface area contributed by atoms with Crippen molar-refractivity contribution in [2.24, 2.45) is 5.92 Å². The Bertz CT molecular complexity index is 243. The molecule has 1 unspecified atom stereocenters. The Morgan fingerprint density at radius 2 is 2.50 bits per heavy atom. The summed E-state index contributed by atoms with van der Waals surface area (Å²) in [6.45, 7) is 3.72. The lowest BCUT2D eigenvalue weighted by molar-refractivity contribution is -0.117. The summed E-state index contributed by atoms with van der Waals surface area (Å²) < 4.78 is 0. The first kappa shape index (κ1) is 9.39. The van der Waals surface area contributed by atoms with Crippen molar-refractivity contribution in [1.29, 1.82) is 0 Å². The van der Waals surface area contributed by atoms with Gasteiger partial charge in [-0.3, -0.25) is 0 Å². The van der Waals surface area contributed by atoms with Crippen LogP contribution in [0.3, 0.4) is 0 Å². The minimum atomic E-state index is 0.263. The Kier molecular flexibility index (Phi) is 3.41. The normalized spacial score (nSPS) is 12.8. The van der Waals surface area contributed by atoms with Crippen LogP contribution in [-0.2, 0) is 11.2 Å². The highest BCUT2D eigenvalue weighted by Crippen LogP contribution is 2.13. The lowest BCUT2D eigenvalue weighted by Crippen LogP contribution is -2.04. The fraction of sp³-hybridized carbons (Fsp3) is 0.556. The molecule has 0 aliphatic carbocycles. The van der Waals surface area contributed by atoms with Gasteiger partial charge in [0.1, 0.15) is 5.78 Å². The first-order valence-electron chi connectivity index (χ1n) is 4.06. The third kappa shape index (κ3) is 3.13. The predicted molar refractivity (Wildman–Crippen MR) is 50.3 cm³/mol. The van der Waals surface area contributed by atoms with Crippen LogP contribution in [-0.4, -0.2) is 10.8 Å². The second kappa shape index (κ2) is 4.36. The van der Waals surface area contributed by atoms with Crippen molar-refractivity contribution < 1.29 is 4.79 Å². The average Bonchev–Trinajstić information content (AvgIpc) is 2.37. The van der Waals surface area contributed by atoms with Crippen LogP contribution in [0.2, 0.25) is 0 Å². The number of ketones is 1. The van der Waals surface area contributed by atoms with E-state index < -0.39 is 0 Å². The zero-order valence-corrected chi connectivity index (χ0v) is 8.23. The number of aromatic nitrogens is 1. The zero-order valence-electron chi connectivity index (χ0n) is 7.41. The van der Waals surface area contributed by atoms with Crippen LogP contribution in [0, 0.1) is 5.92 Å². The van der Waals surface area contributed by atoms with Crippen molar-refractivity contribution in [3.63, 3.8) is 0 Å². The zero-order chi connectivity index (χ0) is 8.97. The van der Waals surface area contributed by atoms with Gasteiger partial charge in [-0.15, -0.1) is 11.3 Å². The van der Waals surface area contributed by atoms with Crippen molar-refractivity contribution in [2.45, 2.75) is 26.7 Å². The molecule has 0 fully saturated rings. The molecule has 0 aromatic carbocycles. The molecule has 2 nitrogen and oxygen atoms in total. The Morgan fingerprint density at radius 3 is 3.00 bits per heavy atom. The molecule has 0 spiro atoms. The molecule has 1 heterocycles. The van der Waals surface area contributed by atoms with Gasteiger partial charge in [-0.25, -0.2) is 4.98 Å². The van der Waals surface area contributed by atoms with Crippen LogP contribution in [0.15, 0.2) is 11.6 Å². The molecular formula is C9H13NOS. The Hall–Kier alpha value is -0.700. The average molecular weight is 183 g/mol. The summed E-state index contributed by atoms with van der Waals surface area (Å²) in [6, 6.07) is 0. The Balaban J connectivity index is 2.36. The molecule has 0 radical (unpaired) electrons. The summed E-state index contributed by atoms with van der Waals surface area (Å²) in [7, 11) is 0. The Morgan fingerprint density at radius 1 is 1.75 bits per heavy atom. The molecule has 0 N–H and O–H groups in total. The van der Waals surface area contributed by atoms with Gasteiger partial charge in [0.25, 0.3) is 0 Å². The van der Waals surface area contributed by atoms with Gasteiger partial charge >= 0.3 is 0 Å². The van der Waals surface area contributed by atoms with E-state index in [1.165, 1.54) is 0 Å². The van der Waals surface area contributed by atoms with E-state index in [0.29, 0.717) is 12.3 Å². The number of thiazole rings is 1. The largest absolute Gasteiger partial charge is 0.300 e. The second-order valence-electron chi connectivity index (χ2n) is 3.14. The van der Waals surface area contributed by atoms with E-state index in [1.807, 2.05) is 5.38 Å².